The third-order valence-corrected chi connectivity index (χ3v) is 6.25. The summed E-state index contributed by atoms with van der Waals surface area (Å²) in [4.78, 5) is 26.3. The minimum absolute atomic E-state index is 0.166. The van der Waals surface area contributed by atoms with Crippen molar-refractivity contribution in [1.29, 1.82) is 0 Å². The van der Waals surface area contributed by atoms with Gasteiger partial charge in [-0.3, -0.25) is 4.79 Å². The van der Waals surface area contributed by atoms with Crippen LogP contribution in [0.5, 0.6) is 0 Å². The van der Waals surface area contributed by atoms with Crippen molar-refractivity contribution in [1.82, 2.24) is 14.9 Å². The first-order valence-corrected chi connectivity index (χ1v) is 11.9. The second kappa shape index (κ2) is 10.8. The predicted molar refractivity (Wildman–Crippen MR) is 131 cm³/mol. The molecule has 0 spiro atoms. The largest absolute Gasteiger partial charge is 0.381 e. The molecule has 9 nitrogen and oxygen atoms in total. The number of likely N-dealkylation sites (N-methyl/N-ethyl adjacent to an activating group) is 1. The molecule has 2 saturated heterocycles. The summed E-state index contributed by atoms with van der Waals surface area (Å²) in [7, 11) is 2.15. The van der Waals surface area contributed by atoms with Crippen molar-refractivity contribution in [3.8, 4) is 0 Å². The Morgan fingerprint density at radius 2 is 1.79 bits per heavy atom. The summed E-state index contributed by atoms with van der Waals surface area (Å²) in [5, 5.41) is 6.80. The average Bonchev–Trinajstić information content (AvgIpc) is 2.82. The lowest BCUT2D eigenvalue weighted by atomic mass is 10.1. The van der Waals surface area contributed by atoms with Crippen molar-refractivity contribution in [3.05, 3.63) is 35.7 Å². The number of piperazine rings is 1. The number of carbonyl (C=O) groups is 1. The van der Waals surface area contributed by atoms with Crippen LogP contribution in [0.2, 0.25) is 0 Å². The number of aromatic nitrogens is 2. The van der Waals surface area contributed by atoms with Gasteiger partial charge in [-0.1, -0.05) is 13.3 Å². The summed E-state index contributed by atoms with van der Waals surface area (Å²) in [5.74, 6) is 0.503. The minimum Gasteiger partial charge on any atom is -0.381 e. The topological polar surface area (TPSA) is 109 Å². The molecule has 0 aliphatic carbocycles. The van der Waals surface area contributed by atoms with Gasteiger partial charge in [-0.2, -0.15) is 0 Å². The maximum atomic E-state index is 12.2. The molecule has 178 valence electrons. The highest BCUT2D eigenvalue weighted by Gasteiger charge is 2.21. The fourth-order valence-electron chi connectivity index (χ4n) is 4.25. The zero-order chi connectivity index (χ0) is 23.2. The predicted octanol–water partition coefficient (Wildman–Crippen LogP) is 2.61. The molecule has 0 unspecified atom stereocenters. The first-order chi connectivity index (χ1) is 16.0. The van der Waals surface area contributed by atoms with Crippen LogP contribution in [0.1, 0.15) is 42.4 Å². The van der Waals surface area contributed by atoms with Crippen molar-refractivity contribution < 1.29 is 9.53 Å². The number of ether oxygens (including phenoxy) is 1. The fraction of sp³-hybridized carbons (Fsp3) is 0.542. The number of nitrogens with two attached hydrogens (primary N) is 1. The summed E-state index contributed by atoms with van der Waals surface area (Å²) in [6, 6.07) is 8.48. The van der Waals surface area contributed by atoms with E-state index in [0.717, 1.165) is 76.5 Å². The molecule has 0 atom stereocenters. The highest BCUT2D eigenvalue weighted by atomic mass is 16.5. The number of nitrogens with zero attached hydrogens (tertiary/aromatic N) is 4. The van der Waals surface area contributed by atoms with E-state index in [1.807, 2.05) is 12.1 Å². The number of nitrogens with one attached hydrogen (secondary N) is 2. The number of anilines is 4. The number of hydrogen-bond donors (Lipinski definition) is 3. The Morgan fingerprint density at radius 1 is 1.09 bits per heavy atom. The molecule has 0 saturated carbocycles. The SMILES string of the molecule is CCCc1nc(C(N)=O)c(Nc2ccc(N3CCN(C)CC3)cc2)nc1NC1CCOCC1. The Hall–Kier alpha value is -2.91. The second-order valence-corrected chi connectivity index (χ2v) is 8.82. The number of benzene rings is 1. The molecule has 3 heterocycles. The Kier molecular flexibility index (Phi) is 7.61. The van der Waals surface area contributed by atoms with Crippen LogP contribution in [0.3, 0.4) is 0 Å². The van der Waals surface area contributed by atoms with Crippen molar-refractivity contribution in [2.75, 3.05) is 62.0 Å². The number of amides is 1. The first-order valence-electron chi connectivity index (χ1n) is 11.9. The van der Waals surface area contributed by atoms with Crippen LogP contribution >= 0.6 is 0 Å². The summed E-state index contributed by atoms with van der Waals surface area (Å²) in [6.07, 6.45) is 3.46. The third kappa shape index (κ3) is 5.91. The van der Waals surface area contributed by atoms with Gasteiger partial charge in [0, 0.05) is 56.8 Å². The zero-order valence-electron chi connectivity index (χ0n) is 19.6. The normalized spacial score (nSPS) is 17.7. The molecule has 33 heavy (non-hydrogen) atoms. The molecular weight excluding hydrogens is 418 g/mol. The summed E-state index contributed by atoms with van der Waals surface area (Å²) in [6.45, 7) is 7.70. The van der Waals surface area contributed by atoms with Crippen molar-refractivity contribution in [3.63, 3.8) is 0 Å². The lowest BCUT2D eigenvalue weighted by Gasteiger charge is -2.34. The van der Waals surface area contributed by atoms with Crippen molar-refractivity contribution in [2.24, 2.45) is 5.73 Å². The van der Waals surface area contributed by atoms with E-state index < -0.39 is 5.91 Å². The van der Waals surface area contributed by atoms with Crippen LogP contribution in [0.4, 0.5) is 23.0 Å². The molecule has 9 heteroatoms. The number of carbonyl (C=O) groups excluding carboxylic acids is 1. The summed E-state index contributed by atoms with van der Waals surface area (Å²) < 4.78 is 5.47. The first kappa shape index (κ1) is 23.3. The van der Waals surface area contributed by atoms with E-state index in [9.17, 15) is 4.79 Å². The minimum atomic E-state index is -0.589. The Bertz CT molecular complexity index is 937. The maximum absolute atomic E-state index is 12.2. The second-order valence-electron chi connectivity index (χ2n) is 8.82. The number of primary amides is 1. The van der Waals surface area contributed by atoms with E-state index in [1.165, 1.54) is 5.69 Å². The van der Waals surface area contributed by atoms with Gasteiger partial charge in [0.25, 0.3) is 5.91 Å². The molecule has 4 rings (SSSR count). The van der Waals surface area contributed by atoms with E-state index in [4.69, 9.17) is 15.5 Å². The number of hydrogen-bond acceptors (Lipinski definition) is 8. The Labute approximate surface area is 195 Å². The zero-order valence-corrected chi connectivity index (χ0v) is 19.6. The monoisotopic (exact) mass is 453 g/mol. The van der Waals surface area contributed by atoms with Gasteiger partial charge in [0.15, 0.2) is 17.3 Å². The average molecular weight is 454 g/mol. The molecule has 0 bridgehead atoms. The van der Waals surface area contributed by atoms with Gasteiger partial charge in [-0.05, 0) is 50.6 Å². The van der Waals surface area contributed by atoms with Crippen LogP contribution in [0.15, 0.2) is 24.3 Å². The van der Waals surface area contributed by atoms with E-state index in [-0.39, 0.29) is 11.7 Å². The van der Waals surface area contributed by atoms with Crippen molar-refractivity contribution >= 4 is 28.9 Å². The maximum Gasteiger partial charge on any atom is 0.271 e. The quantitative estimate of drug-likeness (QED) is 0.560. The van der Waals surface area contributed by atoms with Crippen molar-refractivity contribution in [2.45, 2.75) is 38.6 Å². The van der Waals surface area contributed by atoms with Crippen LogP contribution < -0.4 is 21.3 Å². The third-order valence-electron chi connectivity index (χ3n) is 6.25. The van der Waals surface area contributed by atoms with Crippen LogP contribution in [0, 0.1) is 0 Å². The molecule has 4 N–H and O–H groups in total. The smallest absolute Gasteiger partial charge is 0.271 e. The molecule has 1 aromatic carbocycles. The van der Waals surface area contributed by atoms with Gasteiger partial charge in [-0.25, -0.2) is 9.97 Å². The van der Waals surface area contributed by atoms with E-state index in [1.54, 1.807) is 0 Å². The highest BCUT2D eigenvalue weighted by Crippen LogP contribution is 2.26. The number of rotatable bonds is 8. The van der Waals surface area contributed by atoms with E-state index in [2.05, 4.69) is 51.5 Å². The molecule has 2 aliphatic heterocycles. The van der Waals surface area contributed by atoms with Crippen LogP contribution in [-0.4, -0.2) is 73.3 Å². The highest BCUT2D eigenvalue weighted by molar-refractivity contribution is 5.96. The molecule has 2 aromatic rings. The Balaban J connectivity index is 1.56. The summed E-state index contributed by atoms with van der Waals surface area (Å²) in [5.41, 5.74) is 8.64. The summed E-state index contributed by atoms with van der Waals surface area (Å²) >= 11 is 0. The molecule has 2 fully saturated rings. The molecule has 2 aliphatic rings. The van der Waals surface area contributed by atoms with Crippen LogP contribution in [-0.2, 0) is 11.2 Å². The lowest BCUT2D eigenvalue weighted by Crippen LogP contribution is -2.44. The number of aryl methyl sites for hydroxylation is 1. The fourth-order valence-corrected chi connectivity index (χ4v) is 4.25. The lowest BCUT2D eigenvalue weighted by molar-refractivity contribution is 0.0903. The standard InChI is InChI=1S/C24H35N7O2/c1-3-4-20-23(26-18-9-15-33-16-10-18)29-24(21(28-20)22(25)32)27-17-5-7-19(8-6-17)31-13-11-30(2)12-14-31/h5-8,18H,3-4,9-16H2,1-2H3,(H2,25,32)(H2,26,27,29). The van der Waals surface area contributed by atoms with Gasteiger partial charge in [-0.15, -0.1) is 0 Å². The van der Waals surface area contributed by atoms with Gasteiger partial charge in [0.2, 0.25) is 0 Å². The molecule has 0 radical (unpaired) electrons. The Morgan fingerprint density at radius 3 is 2.42 bits per heavy atom. The molecule has 1 amide bonds. The van der Waals surface area contributed by atoms with Gasteiger partial charge >= 0.3 is 0 Å². The van der Waals surface area contributed by atoms with Gasteiger partial charge in [0.05, 0.1) is 5.69 Å². The van der Waals surface area contributed by atoms with Crippen LogP contribution in [0.25, 0.3) is 0 Å². The van der Waals surface area contributed by atoms with Gasteiger partial charge in [0.1, 0.15) is 0 Å². The molecular formula is C24H35N7O2. The van der Waals surface area contributed by atoms with E-state index in [0.29, 0.717) is 11.6 Å². The van der Waals surface area contributed by atoms with E-state index >= 15 is 0 Å². The van der Waals surface area contributed by atoms with Gasteiger partial charge < -0.3 is 30.9 Å². The molecule has 1 aromatic heterocycles.